The highest BCUT2D eigenvalue weighted by atomic mass is 35.5. The molecule has 0 radical (unpaired) electrons. The van der Waals surface area contributed by atoms with E-state index >= 15 is 0 Å². The molecule has 2 aromatic rings. The number of carbonyl (C=O) groups is 1. The number of carboxylic acid groups (broad SMARTS) is 1. The molecule has 120 valence electrons. The molecule has 0 aliphatic rings. The number of benzene rings is 2. The summed E-state index contributed by atoms with van der Waals surface area (Å²) >= 11 is 6.30. The topological polar surface area (TPSA) is 63.3 Å². The lowest BCUT2D eigenvalue weighted by Gasteiger charge is -2.13. The van der Waals surface area contributed by atoms with Crippen LogP contribution in [0, 0.1) is 5.82 Å². The van der Waals surface area contributed by atoms with Crippen molar-refractivity contribution < 1.29 is 14.3 Å². The van der Waals surface area contributed by atoms with Crippen LogP contribution >= 0.6 is 11.6 Å². The van der Waals surface area contributed by atoms with Gasteiger partial charge in [-0.05, 0) is 29.7 Å². The molecule has 0 bridgehead atoms. The molecule has 5 heteroatoms. The predicted octanol–water partition coefficient (Wildman–Crippen LogP) is 4.26. The van der Waals surface area contributed by atoms with Gasteiger partial charge < -0.3 is 10.8 Å². The fourth-order valence-corrected chi connectivity index (χ4v) is 2.49. The van der Waals surface area contributed by atoms with E-state index in [0.717, 1.165) is 5.56 Å². The molecule has 0 amide bonds. The third-order valence-electron chi connectivity index (χ3n) is 3.62. The van der Waals surface area contributed by atoms with Crippen molar-refractivity contribution in [2.24, 2.45) is 5.73 Å². The van der Waals surface area contributed by atoms with Crippen molar-refractivity contribution in [3.05, 3.63) is 65.5 Å². The summed E-state index contributed by atoms with van der Waals surface area (Å²) in [6.45, 7) is 1.71. The van der Waals surface area contributed by atoms with Gasteiger partial charge in [-0.1, -0.05) is 54.1 Å². The summed E-state index contributed by atoms with van der Waals surface area (Å²) in [4.78, 5) is 10.7. The lowest BCUT2D eigenvalue weighted by Crippen LogP contribution is -2.25. The number of aliphatic carboxylic acids is 1. The maximum atomic E-state index is 13.8. The van der Waals surface area contributed by atoms with Gasteiger partial charge in [0.1, 0.15) is 5.82 Å². The normalized spacial score (nSPS) is 13.4. The van der Waals surface area contributed by atoms with Gasteiger partial charge in [-0.2, -0.15) is 0 Å². The molecular formula is C18H17ClFNO2. The highest BCUT2D eigenvalue weighted by Gasteiger charge is 2.14. The highest BCUT2D eigenvalue weighted by Crippen LogP contribution is 2.28. The Balaban J connectivity index is 2.29. The van der Waals surface area contributed by atoms with Crippen molar-refractivity contribution in [2.75, 3.05) is 0 Å². The summed E-state index contributed by atoms with van der Waals surface area (Å²) in [5.41, 5.74) is 8.39. The van der Waals surface area contributed by atoms with E-state index in [1.807, 2.05) is 0 Å². The molecule has 2 aromatic carbocycles. The Bertz CT molecular complexity index is 741. The van der Waals surface area contributed by atoms with Crippen LogP contribution in [-0.2, 0) is 4.79 Å². The Labute approximate surface area is 139 Å². The molecule has 3 nitrogen and oxygen atoms in total. The summed E-state index contributed by atoms with van der Waals surface area (Å²) in [7, 11) is 0. The van der Waals surface area contributed by atoms with Crippen molar-refractivity contribution in [3.8, 4) is 11.1 Å². The van der Waals surface area contributed by atoms with Crippen LogP contribution in [0.15, 0.2) is 54.1 Å². The first kappa shape index (κ1) is 17.2. The number of hydrogen-bond donors (Lipinski definition) is 2. The van der Waals surface area contributed by atoms with Crippen LogP contribution < -0.4 is 5.73 Å². The van der Waals surface area contributed by atoms with Crippen LogP contribution in [0.25, 0.3) is 16.2 Å². The van der Waals surface area contributed by atoms with Crippen molar-refractivity contribution in [1.29, 1.82) is 0 Å². The van der Waals surface area contributed by atoms with Crippen LogP contribution in [0.2, 0.25) is 0 Å². The maximum absolute atomic E-state index is 13.8. The molecule has 23 heavy (non-hydrogen) atoms. The molecule has 0 aliphatic carbocycles. The molecule has 2 rings (SSSR count). The lowest BCUT2D eigenvalue weighted by molar-refractivity contribution is -0.137. The third kappa shape index (κ3) is 4.18. The Kier molecular flexibility index (Phi) is 5.53. The molecule has 0 aliphatic heterocycles. The van der Waals surface area contributed by atoms with Gasteiger partial charge in [0, 0.05) is 16.6 Å². The summed E-state index contributed by atoms with van der Waals surface area (Å²) in [5, 5.41) is 9.21. The molecule has 1 atom stereocenters. The van der Waals surface area contributed by atoms with Gasteiger partial charge in [0.2, 0.25) is 0 Å². The van der Waals surface area contributed by atoms with Crippen LogP contribution in [0.5, 0.6) is 0 Å². The largest absolute Gasteiger partial charge is 0.481 e. The zero-order valence-electron chi connectivity index (χ0n) is 12.6. The fraction of sp³-hybridized carbons (Fsp3) is 0.167. The molecule has 0 fully saturated rings. The van der Waals surface area contributed by atoms with Crippen LogP contribution in [0.3, 0.4) is 0 Å². The average Bonchev–Trinajstić information content (AvgIpc) is 2.53. The molecule has 0 heterocycles. The van der Waals surface area contributed by atoms with Crippen molar-refractivity contribution in [2.45, 2.75) is 19.4 Å². The molecule has 3 N–H and O–H groups in total. The molecule has 0 saturated carbocycles. The zero-order valence-corrected chi connectivity index (χ0v) is 13.3. The van der Waals surface area contributed by atoms with Crippen LogP contribution in [-0.4, -0.2) is 17.1 Å². The van der Waals surface area contributed by atoms with E-state index in [0.29, 0.717) is 21.7 Å². The van der Waals surface area contributed by atoms with E-state index < -0.39 is 12.0 Å². The monoisotopic (exact) mass is 333 g/mol. The number of halogens is 2. The van der Waals surface area contributed by atoms with E-state index in [1.165, 1.54) is 6.07 Å². The maximum Gasteiger partial charge on any atom is 0.305 e. The van der Waals surface area contributed by atoms with E-state index in [-0.39, 0.29) is 12.2 Å². The molecule has 0 saturated heterocycles. The first-order chi connectivity index (χ1) is 10.9. The van der Waals surface area contributed by atoms with E-state index in [4.69, 9.17) is 22.4 Å². The standard InChI is InChI=1S/C18H17ClFNO2/c1-11(16(21)10-17(22)23)18(19)13-8-6-12(7-9-13)14-4-2-3-5-15(14)20/h2-9,16H,10,21H2,1H3,(H,22,23)/b18-11-. The number of rotatable bonds is 5. The van der Waals surface area contributed by atoms with Gasteiger partial charge in [0.15, 0.2) is 0 Å². The van der Waals surface area contributed by atoms with E-state index in [1.54, 1.807) is 49.4 Å². The van der Waals surface area contributed by atoms with Gasteiger partial charge >= 0.3 is 5.97 Å². The van der Waals surface area contributed by atoms with Gasteiger partial charge in [-0.15, -0.1) is 0 Å². The van der Waals surface area contributed by atoms with Gasteiger partial charge in [0.25, 0.3) is 0 Å². The van der Waals surface area contributed by atoms with Crippen molar-refractivity contribution >= 4 is 22.6 Å². The zero-order chi connectivity index (χ0) is 17.0. The second kappa shape index (κ2) is 7.40. The van der Waals surface area contributed by atoms with Gasteiger partial charge in [-0.3, -0.25) is 4.79 Å². The summed E-state index contributed by atoms with van der Waals surface area (Å²) in [6, 6.07) is 12.9. The van der Waals surface area contributed by atoms with E-state index in [9.17, 15) is 9.18 Å². The smallest absolute Gasteiger partial charge is 0.305 e. The SMILES string of the molecule is C/C(=C(/Cl)c1ccc(-c2ccccc2F)cc1)C(N)CC(=O)O. The molecule has 0 spiro atoms. The van der Waals surface area contributed by atoms with Gasteiger partial charge in [0.05, 0.1) is 6.42 Å². The summed E-state index contributed by atoms with van der Waals surface area (Å²) in [6.07, 6.45) is -0.185. The van der Waals surface area contributed by atoms with Crippen LogP contribution in [0.4, 0.5) is 4.39 Å². The number of nitrogens with two attached hydrogens (primary N) is 1. The second-order valence-corrected chi connectivity index (χ2v) is 5.64. The third-order valence-corrected chi connectivity index (χ3v) is 4.14. The Morgan fingerprint density at radius 3 is 2.39 bits per heavy atom. The minimum Gasteiger partial charge on any atom is -0.481 e. The molecule has 1 unspecified atom stereocenters. The first-order valence-electron chi connectivity index (χ1n) is 7.09. The number of hydrogen-bond acceptors (Lipinski definition) is 2. The predicted molar refractivity (Wildman–Crippen MR) is 90.5 cm³/mol. The second-order valence-electron chi connectivity index (χ2n) is 5.26. The Morgan fingerprint density at radius 1 is 1.22 bits per heavy atom. The Hall–Kier alpha value is -2.17. The summed E-state index contributed by atoms with van der Waals surface area (Å²) < 4.78 is 13.8. The van der Waals surface area contributed by atoms with Crippen molar-refractivity contribution in [1.82, 2.24) is 0 Å². The molecular weight excluding hydrogens is 317 g/mol. The molecule has 0 aromatic heterocycles. The Morgan fingerprint density at radius 2 is 1.83 bits per heavy atom. The minimum absolute atomic E-state index is 0.185. The lowest BCUT2D eigenvalue weighted by atomic mass is 10.00. The highest BCUT2D eigenvalue weighted by molar-refractivity contribution is 6.49. The average molecular weight is 334 g/mol. The number of carboxylic acids is 1. The van der Waals surface area contributed by atoms with Gasteiger partial charge in [-0.25, -0.2) is 4.39 Å². The van der Waals surface area contributed by atoms with E-state index in [2.05, 4.69) is 0 Å². The van der Waals surface area contributed by atoms with Crippen molar-refractivity contribution in [3.63, 3.8) is 0 Å². The first-order valence-corrected chi connectivity index (χ1v) is 7.47. The quantitative estimate of drug-likeness (QED) is 0.859. The van der Waals surface area contributed by atoms with Crippen LogP contribution in [0.1, 0.15) is 18.9 Å². The minimum atomic E-state index is -0.976. The summed E-state index contributed by atoms with van der Waals surface area (Å²) in [5.74, 6) is -1.27. The fourth-order valence-electron chi connectivity index (χ4n) is 2.22.